The molecule has 2 aromatic carbocycles. The van der Waals surface area contributed by atoms with Crippen LogP contribution in [0.3, 0.4) is 0 Å². The van der Waals surface area contributed by atoms with Gasteiger partial charge in [-0.05, 0) is 18.2 Å². The van der Waals surface area contributed by atoms with E-state index in [0.717, 1.165) is 5.56 Å². The van der Waals surface area contributed by atoms with Crippen LogP contribution >= 0.6 is 12.4 Å². The summed E-state index contributed by atoms with van der Waals surface area (Å²) in [5.41, 5.74) is 2.35. The molecule has 0 amide bonds. The molecule has 4 nitrogen and oxygen atoms in total. The van der Waals surface area contributed by atoms with Gasteiger partial charge in [0, 0.05) is 17.0 Å². The minimum Gasteiger partial charge on any atom is -0.497 e. The van der Waals surface area contributed by atoms with Gasteiger partial charge in [0.1, 0.15) is 5.75 Å². The van der Waals surface area contributed by atoms with Crippen LogP contribution in [0.2, 0.25) is 0 Å². The average Bonchev–Trinajstić information content (AvgIpc) is 2.53. The fraction of sp³-hybridized carbons (Fsp3) is 0.0588. The van der Waals surface area contributed by atoms with Gasteiger partial charge in [-0.25, -0.2) is 9.78 Å². The maximum Gasteiger partial charge on any atom is 0.336 e. The molecule has 3 rings (SSSR count). The molecular weight excluding hydrogens is 302 g/mol. The van der Waals surface area contributed by atoms with Crippen molar-refractivity contribution in [2.75, 3.05) is 7.11 Å². The quantitative estimate of drug-likeness (QED) is 0.792. The van der Waals surface area contributed by atoms with Crippen LogP contribution in [0, 0.1) is 0 Å². The molecule has 0 unspecified atom stereocenters. The second-order valence-corrected chi connectivity index (χ2v) is 4.61. The fourth-order valence-corrected chi connectivity index (χ4v) is 2.27. The lowest BCUT2D eigenvalue weighted by Gasteiger charge is -2.08. The molecule has 0 aliphatic carbocycles. The van der Waals surface area contributed by atoms with Crippen LogP contribution in [0.4, 0.5) is 0 Å². The van der Waals surface area contributed by atoms with E-state index in [1.807, 2.05) is 30.3 Å². The van der Waals surface area contributed by atoms with E-state index in [-0.39, 0.29) is 18.0 Å². The van der Waals surface area contributed by atoms with Crippen molar-refractivity contribution >= 4 is 29.3 Å². The van der Waals surface area contributed by atoms with E-state index in [9.17, 15) is 9.90 Å². The standard InChI is InChI=1S/C17H13NO3.ClH/c1-21-12-7-8-13-14(17(19)20)10-15(18-16(13)9-12)11-5-3-2-4-6-11;/h2-10H,1H3,(H,19,20);1H. The largest absolute Gasteiger partial charge is 0.497 e. The number of aromatic carboxylic acids is 1. The van der Waals surface area contributed by atoms with E-state index in [1.54, 1.807) is 31.4 Å². The van der Waals surface area contributed by atoms with E-state index < -0.39 is 5.97 Å². The van der Waals surface area contributed by atoms with Crippen LogP contribution < -0.4 is 4.74 Å². The van der Waals surface area contributed by atoms with Crippen LogP contribution in [0.1, 0.15) is 10.4 Å². The van der Waals surface area contributed by atoms with E-state index >= 15 is 0 Å². The first-order chi connectivity index (χ1) is 10.2. The first kappa shape index (κ1) is 15.8. The number of carboxylic acids is 1. The third-order valence-electron chi connectivity index (χ3n) is 3.32. The van der Waals surface area contributed by atoms with Gasteiger partial charge in [0.25, 0.3) is 0 Å². The zero-order valence-corrected chi connectivity index (χ0v) is 12.6. The van der Waals surface area contributed by atoms with Gasteiger partial charge in [-0.1, -0.05) is 30.3 Å². The Bertz CT molecular complexity index is 819. The first-order valence-electron chi connectivity index (χ1n) is 6.46. The molecule has 22 heavy (non-hydrogen) atoms. The van der Waals surface area contributed by atoms with Crippen LogP contribution in [-0.4, -0.2) is 23.2 Å². The summed E-state index contributed by atoms with van der Waals surface area (Å²) in [6.45, 7) is 0. The lowest BCUT2D eigenvalue weighted by molar-refractivity contribution is 0.0699. The minimum atomic E-state index is -0.968. The van der Waals surface area contributed by atoms with Crippen molar-refractivity contribution in [3.05, 3.63) is 60.2 Å². The third-order valence-corrected chi connectivity index (χ3v) is 3.32. The molecule has 0 bridgehead atoms. The highest BCUT2D eigenvalue weighted by atomic mass is 35.5. The van der Waals surface area contributed by atoms with Crippen LogP contribution in [0.5, 0.6) is 5.75 Å². The number of hydrogen-bond donors (Lipinski definition) is 1. The Morgan fingerprint density at radius 3 is 2.45 bits per heavy atom. The molecule has 0 atom stereocenters. The molecule has 0 radical (unpaired) electrons. The molecule has 112 valence electrons. The Labute approximate surface area is 133 Å². The Morgan fingerprint density at radius 2 is 1.82 bits per heavy atom. The highest BCUT2D eigenvalue weighted by Crippen LogP contribution is 2.27. The van der Waals surface area contributed by atoms with Gasteiger partial charge in [-0.2, -0.15) is 0 Å². The Balaban J connectivity index is 0.00000176. The van der Waals surface area contributed by atoms with Crippen molar-refractivity contribution in [2.24, 2.45) is 0 Å². The average molecular weight is 316 g/mol. The van der Waals surface area contributed by atoms with Gasteiger partial charge in [0.15, 0.2) is 0 Å². The maximum absolute atomic E-state index is 11.5. The number of pyridine rings is 1. The number of fused-ring (bicyclic) bond motifs is 1. The van der Waals surface area contributed by atoms with Crippen molar-refractivity contribution in [3.63, 3.8) is 0 Å². The molecule has 0 fully saturated rings. The summed E-state index contributed by atoms with van der Waals surface area (Å²) < 4.78 is 5.18. The zero-order chi connectivity index (χ0) is 14.8. The lowest BCUT2D eigenvalue weighted by Crippen LogP contribution is -2.00. The van der Waals surface area contributed by atoms with Gasteiger partial charge < -0.3 is 9.84 Å². The molecule has 0 saturated carbocycles. The molecule has 0 aliphatic rings. The Hall–Kier alpha value is -2.59. The van der Waals surface area contributed by atoms with Gasteiger partial charge in [-0.3, -0.25) is 0 Å². The molecule has 1 N–H and O–H groups in total. The number of rotatable bonds is 3. The fourth-order valence-electron chi connectivity index (χ4n) is 2.27. The molecule has 1 aromatic heterocycles. The Kier molecular flexibility index (Phi) is 4.63. The van der Waals surface area contributed by atoms with Gasteiger partial charge >= 0.3 is 5.97 Å². The summed E-state index contributed by atoms with van der Waals surface area (Å²) in [5, 5.41) is 10.0. The topological polar surface area (TPSA) is 59.4 Å². The first-order valence-corrected chi connectivity index (χ1v) is 6.46. The van der Waals surface area contributed by atoms with Crippen molar-refractivity contribution in [3.8, 4) is 17.0 Å². The van der Waals surface area contributed by atoms with Crippen molar-refractivity contribution in [2.45, 2.75) is 0 Å². The van der Waals surface area contributed by atoms with E-state index in [1.165, 1.54) is 0 Å². The number of nitrogens with zero attached hydrogens (tertiary/aromatic N) is 1. The number of ether oxygens (including phenoxy) is 1. The molecule has 1 heterocycles. The molecule has 5 heteroatoms. The molecular formula is C17H14ClNO3. The molecule has 0 saturated heterocycles. The third kappa shape index (κ3) is 2.87. The van der Waals surface area contributed by atoms with Crippen molar-refractivity contribution in [1.82, 2.24) is 4.98 Å². The lowest BCUT2D eigenvalue weighted by atomic mass is 10.0. The van der Waals surface area contributed by atoms with E-state index in [2.05, 4.69) is 4.98 Å². The van der Waals surface area contributed by atoms with Crippen LogP contribution in [0.25, 0.3) is 22.2 Å². The van der Waals surface area contributed by atoms with Gasteiger partial charge in [0.05, 0.1) is 23.9 Å². The van der Waals surface area contributed by atoms with Crippen LogP contribution in [0.15, 0.2) is 54.6 Å². The summed E-state index contributed by atoms with van der Waals surface area (Å²) in [4.78, 5) is 16.0. The SMILES string of the molecule is COc1ccc2c(C(=O)O)cc(-c3ccccc3)nc2c1.Cl. The second-order valence-electron chi connectivity index (χ2n) is 4.61. The predicted molar refractivity (Wildman–Crippen MR) is 87.9 cm³/mol. The van der Waals surface area contributed by atoms with E-state index in [0.29, 0.717) is 22.3 Å². The van der Waals surface area contributed by atoms with Gasteiger partial charge in [-0.15, -0.1) is 12.4 Å². The second kappa shape index (κ2) is 6.45. The number of methoxy groups -OCH3 is 1. The monoisotopic (exact) mass is 315 g/mol. The highest BCUT2D eigenvalue weighted by Gasteiger charge is 2.13. The zero-order valence-electron chi connectivity index (χ0n) is 11.8. The molecule has 0 aliphatic heterocycles. The Morgan fingerprint density at radius 1 is 1.09 bits per heavy atom. The summed E-state index contributed by atoms with van der Waals surface area (Å²) >= 11 is 0. The van der Waals surface area contributed by atoms with Gasteiger partial charge in [0.2, 0.25) is 0 Å². The number of hydrogen-bond acceptors (Lipinski definition) is 3. The number of benzene rings is 2. The maximum atomic E-state index is 11.5. The number of aromatic nitrogens is 1. The summed E-state index contributed by atoms with van der Waals surface area (Å²) in [5.74, 6) is -0.318. The summed E-state index contributed by atoms with van der Waals surface area (Å²) in [6.07, 6.45) is 0. The number of carbonyl (C=O) groups is 1. The molecule has 3 aromatic rings. The summed E-state index contributed by atoms with van der Waals surface area (Å²) in [7, 11) is 1.57. The minimum absolute atomic E-state index is 0. The van der Waals surface area contributed by atoms with E-state index in [4.69, 9.17) is 4.74 Å². The normalized spacial score (nSPS) is 10.0. The van der Waals surface area contributed by atoms with Crippen molar-refractivity contribution in [1.29, 1.82) is 0 Å². The molecule has 0 spiro atoms. The summed E-state index contributed by atoms with van der Waals surface area (Å²) in [6, 6.07) is 16.3. The number of carboxylic acid groups (broad SMARTS) is 1. The number of halogens is 1. The smallest absolute Gasteiger partial charge is 0.336 e. The predicted octanol–water partition coefficient (Wildman–Crippen LogP) is 4.03. The van der Waals surface area contributed by atoms with Crippen molar-refractivity contribution < 1.29 is 14.6 Å². The highest BCUT2D eigenvalue weighted by molar-refractivity contribution is 6.04. The van der Waals surface area contributed by atoms with Crippen LogP contribution in [-0.2, 0) is 0 Å².